The third kappa shape index (κ3) is 4.65. The van der Waals surface area contributed by atoms with Gasteiger partial charge in [0.15, 0.2) is 0 Å². The Morgan fingerprint density at radius 2 is 1.67 bits per heavy atom. The van der Waals surface area contributed by atoms with Crippen LogP contribution in [0.15, 0.2) is 78.9 Å². The smallest absolute Gasteiger partial charge is 0.0828 e. The maximum absolute atomic E-state index is 10.8. The summed E-state index contributed by atoms with van der Waals surface area (Å²) < 4.78 is 0. The molecule has 0 aliphatic heterocycles. The van der Waals surface area contributed by atoms with Crippen LogP contribution in [0.5, 0.6) is 0 Å². The highest BCUT2D eigenvalue weighted by atomic mass is 16.3. The molecule has 0 spiro atoms. The number of hydrogen-bond acceptors (Lipinski definition) is 3. The second kappa shape index (κ2) is 9.76. The molecule has 33 heavy (non-hydrogen) atoms. The van der Waals surface area contributed by atoms with Crippen molar-refractivity contribution >= 4 is 16.6 Å². The quantitative estimate of drug-likeness (QED) is 0.309. The van der Waals surface area contributed by atoms with Gasteiger partial charge in [-0.15, -0.1) is 0 Å². The van der Waals surface area contributed by atoms with Crippen LogP contribution in [0.3, 0.4) is 0 Å². The predicted molar refractivity (Wildman–Crippen MR) is 137 cm³/mol. The highest BCUT2D eigenvalue weighted by Crippen LogP contribution is 2.39. The summed E-state index contributed by atoms with van der Waals surface area (Å²) in [5.41, 5.74) is 8.11. The van der Waals surface area contributed by atoms with Crippen molar-refractivity contribution in [2.75, 3.05) is 11.9 Å². The minimum absolute atomic E-state index is 0.380. The average molecular weight is 437 g/mol. The van der Waals surface area contributed by atoms with E-state index in [1.54, 1.807) is 0 Å². The number of nitrogens with one attached hydrogen (secondary N) is 1. The molecule has 3 nitrogen and oxygen atoms in total. The molecule has 0 saturated carbocycles. The molecule has 2 N–H and O–H groups in total. The number of nitrogens with zero attached hydrogens (tertiary/aromatic N) is 1. The Balaban J connectivity index is 1.39. The van der Waals surface area contributed by atoms with E-state index in [1.807, 2.05) is 0 Å². The van der Waals surface area contributed by atoms with Crippen LogP contribution in [0.1, 0.15) is 65.7 Å². The van der Waals surface area contributed by atoms with Crippen LogP contribution >= 0.6 is 0 Å². The molecule has 5 rings (SSSR count). The molecule has 1 heterocycles. The third-order valence-electron chi connectivity index (χ3n) is 6.86. The molecule has 0 saturated heterocycles. The van der Waals surface area contributed by atoms with Gasteiger partial charge in [0, 0.05) is 29.1 Å². The first-order valence-corrected chi connectivity index (χ1v) is 12.2. The molecule has 0 fully saturated rings. The van der Waals surface area contributed by atoms with Crippen LogP contribution < -0.4 is 5.32 Å². The van der Waals surface area contributed by atoms with Gasteiger partial charge in [0.25, 0.3) is 0 Å². The Morgan fingerprint density at radius 3 is 2.36 bits per heavy atom. The Hall–Kier alpha value is -3.17. The molecule has 1 aromatic heterocycles. The average Bonchev–Trinajstić information content (AvgIpc) is 2.85. The number of aliphatic hydroxyl groups is 1. The lowest BCUT2D eigenvalue weighted by molar-refractivity contribution is 0.156. The number of aliphatic hydroxyl groups excluding tert-OH is 1. The van der Waals surface area contributed by atoms with Crippen molar-refractivity contribution in [2.24, 2.45) is 0 Å². The summed E-state index contributed by atoms with van der Waals surface area (Å²) >= 11 is 0. The maximum Gasteiger partial charge on any atom is 0.0828 e. The lowest BCUT2D eigenvalue weighted by Gasteiger charge is -2.26. The minimum Gasteiger partial charge on any atom is -0.388 e. The molecule has 1 aliphatic rings. The fraction of sp³-hybridized carbons (Fsp3) is 0.300. The van der Waals surface area contributed by atoms with Crippen LogP contribution in [-0.4, -0.2) is 16.6 Å². The number of aromatic nitrogens is 1. The number of benzene rings is 3. The highest BCUT2D eigenvalue weighted by Gasteiger charge is 2.25. The Labute approximate surface area is 196 Å². The maximum atomic E-state index is 10.8. The molecular weight excluding hydrogens is 404 g/mol. The monoisotopic (exact) mass is 436 g/mol. The van der Waals surface area contributed by atoms with Crippen LogP contribution in [0.25, 0.3) is 10.9 Å². The number of pyridine rings is 1. The zero-order valence-electron chi connectivity index (χ0n) is 19.3. The van der Waals surface area contributed by atoms with Gasteiger partial charge >= 0.3 is 0 Å². The van der Waals surface area contributed by atoms with Crippen LogP contribution in [0.4, 0.5) is 5.69 Å². The number of aryl methyl sites for hydroxylation is 2. The van der Waals surface area contributed by atoms with Gasteiger partial charge in [0.05, 0.1) is 17.3 Å². The first kappa shape index (κ1) is 21.7. The van der Waals surface area contributed by atoms with E-state index in [-0.39, 0.29) is 0 Å². The van der Waals surface area contributed by atoms with Gasteiger partial charge in [-0.25, -0.2) is 0 Å². The molecule has 1 unspecified atom stereocenters. The Morgan fingerprint density at radius 1 is 0.970 bits per heavy atom. The van der Waals surface area contributed by atoms with Gasteiger partial charge in [0.2, 0.25) is 0 Å². The molecular formula is C30H32N2O. The van der Waals surface area contributed by atoms with Crippen LogP contribution in [0, 0.1) is 6.92 Å². The minimum atomic E-state index is -0.435. The van der Waals surface area contributed by atoms with E-state index < -0.39 is 6.10 Å². The fourth-order valence-corrected chi connectivity index (χ4v) is 5.21. The van der Waals surface area contributed by atoms with E-state index in [9.17, 15) is 5.11 Å². The summed E-state index contributed by atoms with van der Waals surface area (Å²) in [6.45, 7) is 2.98. The molecule has 1 atom stereocenters. The van der Waals surface area contributed by atoms with Crippen molar-refractivity contribution in [2.45, 2.75) is 51.0 Å². The largest absolute Gasteiger partial charge is 0.388 e. The fourth-order valence-electron chi connectivity index (χ4n) is 5.21. The topological polar surface area (TPSA) is 45.2 Å². The summed E-state index contributed by atoms with van der Waals surface area (Å²) in [4.78, 5) is 4.90. The van der Waals surface area contributed by atoms with Gasteiger partial charge in [0.1, 0.15) is 0 Å². The molecule has 1 aliphatic carbocycles. The number of hydrogen-bond donors (Lipinski definition) is 2. The van der Waals surface area contributed by atoms with Crippen LogP contribution in [0.2, 0.25) is 0 Å². The zero-order valence-corrected chi connectivity index (χ0v) is 19.3. The van der Waals surface area contributed by atoms with Crippen molar-refractivity contribution in [1.82, 2.24) is 4.98 Å². The molecule has 168 valence electrons. The molecule has 3 heteroatoms. The van der Waals surface area contributed by atoms with E-state index in [0.717, 1.165) is 66.5 Å². The summed E-state index contributed by atoms with van der Waals surface area (Å²) in [5, 5.41) is 15.7. The standard InChI is InChI=1S/C30H32N2O/c1-21-17-18-26-25(20-21)30(29-27(32-26)15-8-16-28(29)33)31-19-9-14-24(22-10-4-2-5-11-22)23-12-6-3-7-13-23/h2-7,10-13,17-18,20,24,28,33H,8-9,14-16,19H2,1H3,(H,31,32). The van der Waals surface area contributed by atoms with Crippen molar-refractivity contribution in [3.05, 3.63) is 107 Å². The lowest BCUT2D eigenvalue weighted by Crippen LogP contribution is -2.16. The molecule has 0 bridgehead atoms. The van der Waals surface area contributed by atoms with Crippen molar-refractivity contribution < 1.29 is 5.11 Å². The first-order chi connectivity index (χ1) is 16.2. The Kier molecular flexibility index (Phi) is 6.41. The normalized spacial score (nSPS) is 15.5. The summed E-state index contributed by atoms with van der Waals surface area (Å²) in [6, 6.07) is 28.0. The predicted octanol–water partition coefficient (Wildman–Crippen LogP) is 6.94. The summed E-state index contributed by atoms with van der Waals surface area (Å²) in [5.74, 6) is 0.380. The summed E-state index contributed by atoms with van der Waals surface area (Å²) in [7, 11) is 0. The van der Waals surface area contributed by atoms with Crippen molar-refractivity contribution in [3.8, 4) is 0 Å². The third-order valence-corrected chi connectivity index (χ3v) is 6.86. The van der Waals surface area contributed by atoms with Gasteiger partial charge in [-0.05, 0) is 62.3 Å². The van der Waals surface area contributed by atoms with Gasteiger partial charge in [-0.1, -0.05) is 72.3 Å². The SMILES string of the molecule is Cc1ccc2nc3c(c(NCCCC(c4ccccc4)c4ccccc4)c2c1)C(O)CCC3. The van der Waals surface area contributed by atoms with E-state index in [2.05, 4.69) is 91.1 Å². The highest BCUT2D eigenvalue weighted by molar-refractivity contribution is 5.94. The number of anilines is 1. The second-order valence-corrected chi connectivity index (χ2v) is 9.22. The second-order valence-electron chi connectivity index (χ2n) is 9.22. The molecule has 0 amide bonds. The molecule has 4 aromatic rings. The summed E-state index contributed by atoms with van der Waals surface area (Å²) in [6.07, 6.45) is 4.41. The van der Waals surface area contributed by atoms with E-state index in [4.69, 9.17) is 4.98 Å². The number of fused-ring (bicyclic) bond motifs is 2. The van der Waals surface area contributed by atoms with E-state index in [0.29, 0.717) is 5.92 Å². The molecule has 3 aromatic carbocycles. The van der Waals surface area contributed by atoms with Gasteiger partial charge < -0.3 is 10.4 Å². The molecule has 0 radical (unpaired) electrons. The van der Waals surface area contributed by atoms with Crippen molar-refractivity contribution in [1.29, 1.82) is 0 Å². The zero-order chi connectivity index (χ0) is 22.6. The number of rotatable bonds is 7. The first-order valence-electron chi connectivity index (χ1n) is 12.2. The van der Waals surface area contributed by atoms with E-state index >= 15 is 0 Å². The van der Waals surface area contributed by atoms with Gasteiger partial charge in [-0.2, -0.15) is 0 Å². The lowest BCUT2D eigenvalue weighted by atomic mass is 9.87. The van der Waals surface area contributed by atoms with Gasteiger partial charge in [-0.3, -0.25) is 4.98 Å². The van der Waals surface area contributed by atoms with E-state index in [1.165, 1.54) is 16.7 Å². The van der Waals surface area contributed by atoms with Crippen LogP contribution in [-0.2, 0) is 6.42 Å². The van der Waals surface area contributed by atoms with Crippen molar-refractivity contribution in [3.63, 3.8) is 0 Å². The Bertz CT molecular complexity index is 1180.